The minimum Gasteiger partial charge on any atom is -0.393 e. The molecule has 2 fully saturated rings. The molecule has 0 aromatic rings. The van der Waals surface area contributed by atoms with Crippen LogP contribution in [0.15, 0.2) is 0 Å². The molecule has 0 amide bonds. The van der Waals surface area contributed by atoms with E-state index in [4.69, 9.17) is 9.47 Å². The van der Waals surface area contributed by atoms with E-state index in [9.17, 15) is 5.11 Å². The largest absolute Gasteiger partial charge is 0.393 e. The lowest BCUT2D eigenvalue weighted by molar-refractivity contribution is -0.156. The summed E-state index contributed by atoms with van der Waals surface area (Å²) >= 11 is 0. The van der Waals surface area contributed by atoms with Gasteiger partial charge in [0.2, 0.25) is 0 Å². The number of aliphatic hydroxyl groups is 1. The Morgan fingerprint density at radius 2 is 2.14 bits per heavy atom. The highest BCUT2D eigenvalue weighted by Crippen LogP contribution is 2.42. The van der Waals surface area contributed by atoms with Gasteiger partial charge in [-0.05, 0) is 39.5 Å². The van der Waals surface area contributed by atoms with Crippen LogP contribution < -0.4 is 0 Å². The normalized spacial score (nSPS) is 48.6. The number of aliphatic hydroxyl groups excluding tert-OH is 1. The van der Waals surface area contributed by atoms with Crippen molar-refractivity contribution in [1.29, 1.82) is 0 Å². The van der Waals surface area contributed by atoms with Gasteiger partial charge in [0.15, 0.2) is 0 Å². The van der Waals surface area contributed by atoms with Gasteiger partial charge in [-0.3, -0.25) is 0 Å². The molecule has 0 bridgehead atoms. The molecule has 1 N–H and O–H groups in total. The first-order valence-corrected chi connectivity index (χ1v) is 5.51. The van der Waals surface area contributed by atoms with Gasteiger partial charge in [0, 0.05) is 6.61 Å². The van der Waals surface area contributed by atoms with Crippen molar-refractivity contribution in [2.24, 2.45) is 0 Å². The maximum atomic E-state index is 9.23. The first kappa shape index (κ1) is 10.4. The maximum Gasteiger partial charge on any atom is 0.0924 e. The Labute approximate surface area is 85.4 Å². The molecule has 0 aromatic heterocycles. The summed E-state index contributed by atoms with van der Waals surface area (Å²) < 4.78 is 11.7. The van der Waals surface area contributed by atoms with Crippen LogP contribution in [0, 0.1) is 0 Å². The smallest absolute Gasteiger partial charge is 0.0924 e. The van der Waals surface area contributed by atoms with E-state index in [1.54, 1.807) is 0 Å². The zero-order valence-electron chi connectivity index (χ0n) is 9.08. The summed E-state index contributed by atoms with van der Waals surface area (Å²) in [6.45, 7) is 5.06. The van der Waals surface area contributed by atoms with Gasteiger partial charge in [0.25, 0.3) is 0 Å². The molecule has 0 aromatic carbocycles. The maximum absolute atomic E-state index is 9.23. The third kappa shape index (κ3) is 1.69. The molecular formula is C11H20O3. The van der Waals surface area contributed by atoms with Crippen molar-refractivity contribution in [2.45, 2.75) is 56.8 Å². The molecule has 0 aliphatic carbocycles. The highest BCUT2D eigenvalue weighted by molar-refractivity contribution is 4.98. The van der Waals surface area contributed by atoms with E-state index in [2.05, 4.69) is 6.92 Å². The van der Waals surface area contributed by atoms with Crippen LogP contribution in [0.2, 0.25) is 0 Å². The lowest BCUT2D eigenvalue weighted by atomic mass is 9.92. The van der Waals surface area contributed by atoms with Gasteiger partial charge >= 0.3 is 0 Å². The second kappa shape index (κ2) is 3.47. The van der Waals surface area contributed by atoms with Crippen LogP contribution in [0.1, 0.15) is 39.5 Å². The minimum atomic E-state index is -0.347. The van der Waals surface area contributed by atoms with Crippen molar-refractivity contribution in [2.75, 3.05) is 13.2 Å². The monoisotopic (exact) mass is 200 g/mol. The standard InChI is InChI=1S/C11H20O3/c1-10(8-12)5-6-11(2,14-10)9-4-3-7-13-9/h9,12H,3-8H2,1-2H3. The Balaban J connectivity index is 2.04. The van der Waals surface area contributed by atoms with E-state index in [1.165, 1.54) is 0 Å². The second-order valence-corrected chi connectivity index (χ2v) is 5.02. The van der Waals surface area contributed by atoms with Crippen LogP contribution in [0.5, 0.6) is 0 Å². The third-order valence-electron chi connectivity index (χ3n) is 3.58. The molecule has 3 nitrogen and oxygen atoms in total. The summed E-state index contributed by atoms with van der Waals surface area (Å²) in [6, 6.07) is 0. The predicted octanol–water partition coefficient (Wildman–Crippen LogP) is 1.49. The topological polar surface area (TPSA) is 38.7 Å². The van der Waals surface area contributed by atoms with Gasteiger partial charge in [0.05, 0.1) is 23.9 Å². The van der Waals surface area contributed by atoms with Crippen molar-refractivity contribution in [3.63, 3.8) is 0 Å². The average Bonchev–Trinajstić information content (AvgIpc) is 2.75. The fourth-order valence-electron chi connectivity index (χ4n) is 2.57. The fourth-order valence-corrected chi connectivity index (χ4v) is 2.57. The molecule has 2 heterocycles. The van der Waals surface area contributed by atoms with Crippen molar-refractivity contribution in [3.8, 4) is 0 Å². The van der Waals surface area contributed by atoms with E-state index in [1.807, 2.05) is 6.92 Å². The number of hydrogen-bond donors (Lipinski definition) is 1. The summed E-state index contributed by atoms with van der Waals surface area (Å²) in [4.78, 5) is 0. The Hall–Kier alpha value is -0.120. The number of hydrogen-bond acceptors (Lipinski definition) is 3. The van der Waals surface area contributed by atoms with E-state index in [0.717, 1.165) is 32.3 Å². The van der Waals surface area contributed by atoms with E-state index in [0.29, 0.717) is 0 Å². The molecule has 2 saturated heterocycles. The number of ether oxygens (including phenoxy) is 2. The van der Waals surface area contributed by atoms with Crippen LogP contribution in [0.25, 0.3) is 0 Å². The summed E-state index contributed by atoms with van der Waals surface area (Å²) in [7, 11) is 0. The average molecular weight is 200 g/mol. The van der Waals surface area contributed by atoms with Crippen molar-refractivity contribution in [3.05, 3.63) is 0 Å². The van der Waals surface area contributed by atoms with Gasteiger partial charge in [-0.15, -0.1) is 0 Å². The lowest BCUT2D eigenvalue weighted by Gasteiger charge is -2.33. The summed E-state index contributed by atoms with van der Waals surface area (Å²) in [5.41, 5.74) is -0.519. The highest BCUT2D eigenvalue weighted by Gasteiger charge is 2.49. The molecule has 3 atom stereocenters. The number of rotatable bonds is 2. The Bertz CT molecular complexity index is 213. The molecule has 3 unspecified atom stereocenters. The van der Waals surface area contributed by atoms with Crippen LogP contribution in [0.4, 0.5) is 0 Å². The van der Waals surface area contributed by atoms with Gasteiger partial charge in [-0.1, -0.05) is 0 Å². The summed E-state index contributed by atoms with van der Waals surface area (Å²) in [5, 5.41) is 9.23. The first-order valence-electron chi connectivity index (χ1n) is 5.51. The molecule has 2 aliphatic rings. The van der Waals surface area contributed by atoms with Crippen molar-refractivity contribution < 1.29 is 14.6 Å². The zero-order valence-corrected chi connectivity index (χ0v) is 9.08. The third-order valence-corrected chi connectivity index (χ3v) is 3.58. The van der Waals surface area contributed by atoms with Gasteiger partial charge in [-0.25, -0.2) is 0 Å². The van der Waals surface area contributed by atoms with Crippen LogP contribution in [-0.4, -0.2) is 35.6 Å². The Morgan fingerprint density at radius 1 is 1.36 bits per heavy atom. The molecule has 0 saturated carbocycles. The van der Waals surface area contributed by atoms with Crippen LogP contribution in [-0.2, 0) is 9.47 Å². The molecule has 2 rings (SSSR count). The Morgan fingerprint density at radius 3 is 2.64 bits per heavy atom. The molecule has 14 heavy (non-hydrogen) atoms. The molecule has 82 valence electrons. The molecule has 0 spiro atoms. The SMILES string of the molecule is CC1(CO)CCC(C)(C2CCCO2)O1. The highest BCUT2D eigenvalue weighted by atomic mass is 16.6. The first-order chi connectivity index (χ1) is 6.58. The second-order valence-electron chi connectivity index (χ2n) is 5.02. The minimum absolute atomic E-state index is 0.106. The quantitative estimate of drug-likeness (QED) is 0.734. The summed E-state index contributed by atoms with van der Waals surface area (Å²) in [5.74, 6) is 0. The molecule has 0 radical (unpaired) electrons. The summed E-state index contributed by atoms with van der Waals surface area (Å²) in [6.07, 6.45) is 4.39. The van der Waals surface area contributed by atoms with Crippen LogP contribution in [0.3, 0.4) is 0 Å². The molecular weight excluding hydrogens is 180 g/mol. The van der Waals surface area contributed by atoms with Gasteiger partial charge in [0.1, 0.15) is 0 Å². The van der Waals surface area contributed by atoms with Crippen molar-refractivity contribution in [1.82, 2.24) is 0 Å². The van der Waals surface area contributed by atoms with Crippen LogP contribution >= 0.6 is 0 Å². The fraction of sp³-hybridized carbons (Fsp3) is 1.00. The molecule has 3 heteroatoms. The van der Waals surface area contributed by atoms with E-state index < -0.39 is 0 Å². The predicted molar refractivity (Wildman–Crippen MR) is 53.2 cm³/mol. The van der Waals surface area contributed by atoms with E-state index in [-0.39, 0.29) is 23.9 Å². The lowest BCUT2D eigenvalue weighted by Crippen LogP contribution is -2.42. The van der Waals surface area contributed by atoms with Gasteiger partial charge in [-0.2, -0.15) is 0 Å². The van der Waals surface area contributed by atoms with Gasteiger partial charge < -0.3 is 14.6 Å². The zero-order chi connectivity index (χ0) is 10.2. The van der Waals surface area contributed by atoms with E-state index >= 15 is 0 Å². The Kier molecular flexibility index (Phi) is 2.58. The van der Waals surface area contributed by atoms with Crippen molar-refractivity contribution >= 4 is 0 Å². The molecule has 2 aliphatic heterocycles.